The molecule has 0 amide bonds. The molecule has 90 valence electrons. The van der Waals surface area contributed by atoms with Crippen LogP contribution < -0.4 is 15.4 Å². The number of nitrogens with zero attached hydrogens (tertiary/aromatic N) is 2. The van der Waals surface area contributed by atoms with Gasteiger partial charge in [0.1, 0.15) is 12.1 Å². The predicted octanol–water partition coefficient (Wildman–Crippen LogP) is 1.06. The lowest BCUT2D eigenvalue weighted by Gasteiger charge is -2.14. The Morgan fingerprint density at radius 2 is 2.12 bits per heavy atom. The van der Waals surface area contributed by atoms with Crippen molar-refractivity contribution in [2.24, 2.45) is 5.92 Å². The summed E-state index contributed by atoms with van der Waals surface area (Å²) in [5.74, 6) is 2.01. The Morgan fingerprint density at radius 3 is 2.75 bits per heavy atom. The summed E-state index contributed by atoms with van der Waals surface area (Å²) in [5.41, 5.74) is 0.946. The van der Waals surface area contributed by atoms with E-state index in [9.17, 15) is 0 Å². The number of hydrogen-bond donors (Lipinski definition) is 2. The van der Waals surface area contributed by atoms with Crippen LogP contribution in [0.15, 0.2) is 6.33 Å². The summed E-state index contributed by atoms with van der Waals surface area (Å²) < 4.78 is 5.14. The molecule has 0 spiro atoms. The Hall–Kier alpha value is -1.36. The van der Waals surface area contributed by atoms with Gasteiger partial charge in [-0.15, -0.1) is 0 Å². The fraction of sp³-hybridized carbons (Fsp3) is 0.636. The molecule has 1 aromatic rings. The van der Waals surface area contributed by atoms with Gasteiger partial charge >= 0.3 is 0 Å². The molecule has 0 aromatic carbocycles. The minimum absolute atomic E-state index is 0.547. The van der Waals surface area contributed by atoms with E-state index in [1.165, 1.54) is 6.33 Å². The fourth-order valence-electron chi connectivity index (χ4n) is 1.51. The summed E-state index contributed by atoms with van der Waals surface area (Å²) in [5, 5.41) is 6.44. The van der Waals surface area contributed by atoms with Crippen LogP contribution in [0.25, 0.3) is 0 Å². The molecule has 1 aromatic heterocycles. The topological polar surface area (TPSA) is 59.1 Å². The van der Waals surface area contributed by atoms with Gasteiger partial charge in [-0.1, -0.05) is 6.92 Å². The Balaban J connectivity index is 2.60. The normalized spacial score (nSPS) is 12.2. The Bertz CT molecular complexity index is 330. The summed E-state index contributed by atoms with van der Waals surface area (Å²) in [7, 11) is 3.57. The van der Waals surface area contributed by atoms with Crippen LogP contribution in [0.3, 0.4) is 0 Å². The van der Waals surface area contributed by atoms with Crippen LogP contribution in [0.1, 0.15) is 12.5 Å². The Kier molecular flexibility index (Phi) is 4.98. The maximum Gasteiger partial charge on any atom is 0.221 e. The highest BCUT2D eigenvalue weighted by Gasteiger charge is 2.07. The summed E-state index contributed by atoms with van der Waals surface area (Å²) in [6, 6.07) is 0. The van der Waals surface area contributed by atoms with Crippen molar-refractivity contribution in [3.8, 4) is 5.88 Å². The molecule has 1 rings (SSSR count). The Labute approximate surface area is 96.6 Å². The zero-order valence-electron chi connectivity index (χ0n) is 10.4. The molecule has 1 unspecified atom stereocenters. The van der Waals surface area contributed by atoms with E-state index in [1.54, 1.807) is 7.11 Å². The molecule has 0 aliphatic carbocycles. The molecule has 0 bridgehead atoms. The molecule has 0 saturated carbocycles. The molecule has 0 saturated heterocycles. The van der Waals surface area contributed by atoms with Gasteiger partial charge < -0.3 is 15.4 Å². The monoisotopic (exact) mass is 224 g/mol. The quantitative estimate of drug-likeness (QED) is 0.756. The molecule has 0 aliphatic rings. The van der Waals surface area contributed by atoms with Gasteiger partial charge in [-0.25, -0.2) is 9.97 Å². The first-order valence-electron chi connectivity index (χ1n) is 5.43. The minimum atomic E-state index is 0.547. The number of hydrogen-bond acceptors (Lipinski definition) is 5. The number of ether oxygens (including phenoxy) is 1. The lowest BCUT2D eigenvalue weighted by molar-refractivity contribution is 0.393. The first-order valence-corrected chi connectivity index (χ1v) is 5.43. The zero-order chi connectivity index (χ0) is 12.0. The average molecular weight is 224 g/mol. The SMILES string of the molecule is CNCC(C)CNc1ncnc(OC)c1C. The van der Waals surface area contributed by atoms with Crippen molar-refractivity contribution in [1.82, 2.24) is 15.3 Å². The molecule has 2 N–H and O–H groups in total. The third-order valence-electron chi connectivity index (χ3n) is 2.40. The van der Waals surface area contributed by atoms with Gasteiger partial charge in [-0.2, -0.15) is 0 Å². The Morgan fingerprint density at radius 1 is 1.38 bits per heavy atom. The van der Waals surface area contributed by atoms with Crippen molar-refractivity contribution < 1.29 is 4.74 Å². The van der Waals surface area contributed by atoms with Crippen molar-refractivity contribution in [2.75, 3.05) is 32.6 Å². The van der Waals surface area contributed by atoms with E-state index in [2.05, 4.69) is 27.5 Å². The van der Waals surface area contributed by atoms with Crippen molar-refractivity contribution in [3.63, 3.8) is 0 Å². The van der Waals surface area contributed by atoms with Crippen molar-refractivity contribution in [3.05, 3.63) is 11.9 Å². The summed E-state index contributed by atoms with van der Waals surface area (Å²) in [4.78, 5) is 8.23. The van der Waals surface area contributed by atoms with Crippen LogP contribution in [0, 0.1) is 12.8 Å². The van der Waals surface area contributed by atoms with Crippen LogP contribution in [0.4, 0.5) is 5.82 Å². The van der Waals surface area contributed by atoms with E-state index >= 15 is 0 Å². The van der Waals surface area contributed by atoms with Gasteiger partial charge in [-0.3, -0.25) is 0 Å². The van der Waals surface area contributed by atoms with Crippen molar-refractivity contribution >= 4 is 5.82 Å². The van der Waals surface area contributed by atoms with E-state index in [0.29, 0.717) is 11.8 Å². The lowest BCUT2D eigenvalue weighted by atomic mass is 10.2. The van der Waals surface area contributed by atoms with E-state index in [0.717, 1.165) is 24.5 Å². The van der Waals surface area contributed by atoms with Gasteiger partial charge in [0.15, 0.2) is 0 Å². The number of rotatable bonds is 6. The predicted molar refractivity (Wildman–Crippen MR) is 64.9 cm³/mol. The molecule has 1 atom stereocenters. The van der Waals surface area contributed by atoms with Gasteiger partial charge in [0.05, 0.1) is 12.7 Å². The first-order chi connectivity index (χ1) is 7.69. The highest BCUT2D eigenvalue weighted by atomic mass is 16.5. The molecule has 5 heteroatoms. The molecule has 0 fully saturated rings. The molecule has 16 heavy (non-hydrogen) atoms. The van der Waals surface area contributed by atoms with Gasteiger partial charge in [-0.05, 0) is 26.4 Å². The minimum Gasteiger partial charge on any atom is -0.481 e. The van der Waals surface area contributed by atoms with Gasteiger partial charge in [0.2, 0.25) is 5.88 Å². The number of anilines is 1. The lowest BCUT2D eigenvalue weighted by Crippen LogP contribution is -2.23. The van der Waals surface area contributed by atoms with E-state index in [1.807, 2.05) is 14.0 Å². The number of methoxy groups -OCH3 is 1. The van der Waals surface area contributed by atoms with Crippen molar-refractivity contribution in [2.45, 2.75) is 13.8 Å². The smallest absolute Gasteiger partial charge is 0.221 e. The third-order valence-corrected chi connectivity index (χ3v) is 2.40. The standard InChI is InChI=1S/C11H20N4O/c1-8(5-12-3)6-13-10-9(2)11(16-4)15-7-14-10/h7-8,12H,5-6H2,1-4H3,(H,13,14,15). The van der Waals surface area contributed by atoms with Crippen LogP contribution >= 0.6 is 0 Å². The molecular formula is C11H20N4O. The highest BCUT2D eigenvalue weighted by molar-refractivity contribution is 5.47. The van der Waals surface area contributed by atoms with Crippen LogP contribution in [-0.2, 0) is 0 Å². The maximum absolute atomic E-state index is 5.14. The zero-order valence-corrected chi connectivity index (χ0v) is 10.4. The van der Waals surface area contributed by atoms with Crippen molar-refractivity contribution in [1.29, 1.82) is 0 Å². The van der Waals surface area contributed by atoms with Crippen LogP contribution in [0.5, 0.6) is 5.88 Å². The molecule has 0 radical (unpaired) electrons. The highest BCUT2D eigenvalue weighted by Crippen LogP contribution is 2.19. The second-order valence-electron chi connectivity index (χ2n) is 3.90. The van der Waals surface area contributed by atoms with Gasteiger partial charge in [0, 0.05) is 6.54 Å². The van der Waals surface area contributed by atoms with E-state index in [-0.39, 0.29) is 0 Å². The molecular weight excluding hydrogens is 204 g/mol. The maximum atomic E-state index is 5.14. The molecule has 1 heterocycles. The first kappa shape index (κ1) is 12.7. The fourth-order valence-corrected chi connectivity index (χ4v) is 1.51. The van der Waals surface area contributed by atoms with Crippen LogP contribution in [-0.4, -0.2) is 37.2 Å². The summed E-state index contributed by atoms with van der Waals surface area (Å²) >= 11 is 0. The average Bonchev–Trinajstić information content (AvgIpc) is 2.28. The third kappa shape index (κ3) is 3.34. The van der Waals surface area contributed by atoms with Crippen LogP contribution in [0.2, 0.25) is 0 Å². The van der Waals surface area contributed by atoms with E-state index in [4.69, 9.17) is 4.74 Å². The number of nitrogens with one attached hydrogen (secondary N) is 2. The summed E-state index contributed by atoms with van der Waals surface area (Å²) in [6.07, 6.45) is 1.51. The molecule has 5 nitrogen and oxygen atoms in total. The van der Waals surface area contributed by atoms with E-state index < -0.39 is 0 Å². The number of aromatic nitrogens is 2. The van der Waals surface area contributed by atoms with Gasteiger partial charge in [0.25, 0.3) is 0 Å². The second-order valence-corrected chi connectivity index (χ2v) is 3.90. The second kappa shape index (κ2) is 6.27. The molecule has 0 aliphatic heterocycles. The largest absolute Gasteiger partial charge is 0.481 e. The summed E-state index contributed by atoms with van der Waals surface area (Å²) in [6.45, 7) is 5.98.